The molecule has 2 aliphatic heterocycles. The van der Waals surface area contributed by atoms with Gasteiger partial charge in [-0.1, -0.05) is 30.3 Å². The third kappa shape index (κ3) is 5.04. The molecule has 1 atom stereocenters. The highest BCUT2D eigenvalue weighted by molar-refractivity contribution is 5.94. The number of rotatable bonds is 5. The van der Waals surface area contributed by atoms with E-state index in [0.717, 1.165) is 62.6 Å². The highest BCUT2D eigenvalue weighted by atomic mass is 35.5. The average molecular weight is 402 g/mol. The Hall–Kier alpha value is -2.08. The molecule has 0 spiro atoms. The summed E-state index contributed by atoms with van der Waals surface area (Å²) in [6.07, 6.45) is 1.07. The van der Waals surface area contributed by atoms with E-state index in [4.69, 9.17) is 4.74 Å². The molecule has 2 aromatic carbocycles. The molecule has 0 aliphatic carbocycles. The Labute approximate surface area is 173 Å². The van der Waals surface area contributed by atoms with Gasteiger partial charge >= 0.3 is 0 Å². The Bertz CT molecular complexity index is 748. The fraction of sp³-hybridized carbons (Fsp3) is 0.409. The third-order valence-corrected chi connectivity index (χ3v) is 5.47. The Kier molecular flexibility index (Phi) is 7.31. The van der Waals surface area contributed by atoms with Crippen LogP contribution in [0.3, 0.4) is 0 Å². The van der Waals surface area contributed by atoms with Crippen molar-refractivity contribution in [1.29, 1.82) is 0 Å². The average Bonchev–Trinajstić information content (AvgIpc) is 3.24. The molecule has 150 valence electrons. The zero-order valence-electron chi connectivity index (χ0n) is 16.0. The number of nitrogens with zero attached hydrogens (tertiary/aromatic N) is 2. The van der Waals surface area contributed by atoms with Gasteiger partial charge < -0.3 is 15.0 Å². The van der Waals surface area contributed by atoms with Gasteiger partial charge in [-0.05, 0) is 36.2 Å². The van der Waals surface area contributed by atoms with E-state index >= 15 is 0 Å². The van der Waals surface area contributed by atoms with E-state index in [1.807, 2.05) is 59.5 Å². The number of nitrogens with one attached hydrogen (secondary N) is 1. The normalized spacial score (nSPS) is 19.9. The van der Waals surface area contributed by atoms with E-state index in [9.17, 15) is 4.79 Å². The number of piperazine rings is 1. The predicted octanol–water partition coefficient (Wildman–Crippen LogP) is 2.81. The van der Waals surface area contributed by atoms with Gasteiger partial charge in [0.2, 0.25) is 0 Å². The minimum absolute atomic E-state index is 0. The molecule has 2 aliphatic rings. The van der Waals surface area contributed by atoms with Crippen LogP contribution in [0, 0.1) is 0 Å². The minimum atomic E-state index is 0. The molecule has 2 fully saturated rings. The number of likely N-dealkylation sites (tertiary alicyclic amines) is 1. The first-order chi connectivity index (χ1) is 13.3. The number of halogens is 1. The summed E-state index contributed by atoms with van der Waals surface area (Å²) in [5.41, 5.74) is 1.87. The van der Waals surface area contributed by atoms with Crippen LogP contribution in [-0.2, 0) is 6.61 Å². The van der Waals surface area contributed by atoms with Crippen LogP contribution in [0.25, 0.3) is 0 Å². The van der Waals surface area contributed by atoms with Gasteiger partial charge in [-0.3, -0.25) is 9.69 Å². The number of amides is 1. The van der Waals surface area contributed by atoms with Crippen LogP contribution < -0.4 is 10.1 Å². The van der Waals surface area contributed by atoms with E-state index in [1.54, 1.807) is 0 Å². The topological polar surface area (TPSA) is 44.8 Å². The van der Waals surface area contributed by atoms with Gasteiger partial charge in [-0.2, -0.15) is 0 Å². The van der Waals surface area contributed by atoms with Gasteiger partial charge in [0.05, 0.1) is 0 Å². The first-order valence-corrected chi connectivity index (χ1v) is 9.80. The summed E-state index contributed by atoms with van der Waals surface area (Å²) in [6.45, 7) is 6.49. The van der Waals surface area contributed by atoms with Crippen molar-refractivity contribution in [1.82, 2.24) is 15.1 Å². The van der Waals surface area contributed by atoms with Crippen molar-refractivity contribution in [2.24, 2.45) is 0 Å². The molecule has 0 saturated carbocycles. The summed E-state index contributed by atoms with van der Waals surface area (Å²) in [7, 11) is 0. The lowest BCUT2D eigenvalue weighted by Gasteiger charge is -2.32. The molecule has 2 heterocycles. The van der Waals surface area contributed by atoms with Gasteiger partial charge in [0, 0.05) is 50.9 Å². The second-order valence-corrected chi connectivity index (χ2v) is 7.28. The number of hydrogen-bond donors (Lipinski definition) is 1. The van der Waals surface area contributed by atoms with Crippen molar-refractivity contribution >= 4 is 18.3 Å². The molecule has 5 nitrogen and oxygen atoms in total. The van der Waals surface area contributed by atoms with E-state index in [1.165, 1.54) is 0 Å². The molecular weight excluding hydrogens is 374 g/mol. The zero-order valence-corrected chi connectivity index (χ0v) is 16.9. The smallest absolute Gasteiger partial charge is 0.253 e. The molecule has 0 bridgehead atoms. The number of ether oxygens (including phenoxy) is 1. The van der Waals surface area contributed by atoms with E-state index in [-0.39, 0.29) is 18.3 Å². The quantitative estimate of drug-likeness (QED) is 0.836. The van der Waals surface area contributed by atoms with Gasteiger partial charge in [0.1, 0.15) is 12.4 Å². The number of hydrogen-bond acceptors (Lipinski definition) is 4. The molecule has 0 aromatic heterocycles. The van der Waals surface area contributed by atoms with Crippen molar-refractivity contribution in [3.63, 3.8) is 0 Å². The Balaban J connectivity index is 0.00000225. The maximum Gasteiger partial charge on any atom is 0.253 e. The highest BCUT2D eigenvalue weighted by Crippen LogP contribution is 2.20. The fourth-order valence-corrected chi connectivity index (χ4v) is 3.89. The summed E-state index contributed by atoms with van der Waals surface area (Å²) in [4.78, 5) is 17.3. The molecule has 4 rings (SSSR count). The van der Waals surface area contributed by atoms with Crippen LogP contribution in [0.5, 0.6) is 5.75 Å². The molecule has 28 heavy (non-hydrogen) atoms. The van der Waals surface area contributed by atoms with E-state index < -0.39 is 0 Å². The predicted molar refractivity (Wildman–Crippen MR) is 113 cm³/mol. The van der Waals surface area contributed by atoms with Crippen LogP contribution in [0.1, 0.15) is 22.3 Å². The molecule has 6 heteroatoms. The Morgan fingerprint density at radius 2 is 1.71 bits per heavy atom. The summed E-state index contributed by atoms with van der Waals surface area (Å²) in [6, 6.07) is 18.1. The second-order valence-electron chi connectivity index (χ2n) is 7.28. The van der Waals surface area contributed by atoms with Crippen LogP contribution in [0.4, 0.5) is 0 Å². The van der Waals surface area contributed by atoms with Crippen LogP contribution in [-0.4, -0.2) is 61.0 Å². The third-order valence-electron chi connectivity index (χ3n) is 5.47. The number of carbonyl (C=O) groups is 1. The Morgan fingerprint density at radius 1 is 1.00 bits per heavy atom. The van der Waals surface area contributed by atoms with Crippen molar-refractivity contribution in [3.8, 4) is 5.75 Å². The summed E-state index contributed by atoms with van der Waals surface area (Å²) in [5.74, 6) is 0.915. The molecule has 2 saturated heterocycles. The van der Waals surface area contributed by atoms with Crippen LogP contribution >= 0.6 is 12.4 Å². The molecular formula is C22H28ClN3O2. The van der Waals surface area contributed by atoms with Crippen LogP contribution in [0.2, 0.25) is 0 Å². The monoisotopic (exact) mass is 401 g/mol. The lowest BCUT2D eigenvalue weighted by molar-refractivity contribution is 0.0773. The van der Waals surface area contributed by atoms with Gasteiger partial charge in [0.15, 0.2) is 0 Å². The lowest BCUT2D eigenvalue weighted by Crippen LogP contribution is -2.49. The van der Waals surface area contributed by atoms with Gasteiger partial charge in [-0.25, -0.2) is 0 Å². The van der Waals surface area contributed by atoms with Gasteiger partial charge in [-0.15, -0.1) is 12.4 Å². The highest BCUT2D eigenvalue weighted by Gasteiger charge is 2.31. The van der Waals surface area contributed by atoms with Crippen LogP contribution in [0.15, 0.2) is 54.6 Å². The number of carbonyl (C=O) groups excluding carboxylic acids is 1. The Morgan fingerprint density at radius 3 is 2.43 bits per heavy atom. The summed E-state index contributed by atoms with van der Waals surface area (Å²) in [5, 5.41) is 3.39. The summed E-state index contributed by atoms with van der Waals surface area (Å²) >= 11 is 0. The van der Waals surface area contributed by atoms with Crippen molar-refractivity contribution in [2.75, 3.05) is 39.3 Å². The second kappa shape index (κ2) is 9.92. The molecule has 1 N–H and O–H groups in total. The largest absolute Gasteiger partial charge is 0.489 e. The number of benzene rings is 2. The first kappa shape index (κ1) is 20.6. The maximum atomic E-state index is 12.8. The standard InChI is InChI=1S/C22H27N3O2.ClH/c26-22(25-13-10-20(16-25)24-14-11-23-12-15-24)19-6-8-21(9-7-19)27-17-18-4-2-1-3-5-18;/h1-9,20,23H,10-17H2;1H. The summed E-state index contributed by atoms with van der Waals surface area (Å²) < 4.78 is 5.81. The first-order valence-electron chi connectivity index (χ1n) is 9.80. The fourth-order valence-electron chi connectivity index (χ4n) is 3.89. The SMILES string of the molecule is Cl.O=C(c1ccc(OCc2ccccc2)cc1)N1CCC(N2CCNCC2)C1. The maximum absolute atomic E-state index is 12.8. The molecule has 2 aromatic rings. The van der Waals surface area contributed by atoms with E-state index in [2.05, 4.69) is 10.2 Å². The lowest BCUT2D eigenvalue weighted by atomic mass is 10.2. The van der Waals surface area contributed by atoms with E-state index in [0.29, 0.717) is 12.6 Å². The molecule has 1 unspecified atom stereocenters. The molecule has 0 radical (unpaired) electrons. The van der Waals surface area contributed by atoms with Crippen molar-refractivity contribution in [3.05, 3.63) is 65.7 Å². The zero-order chi connectivity index (χ0) is 18.5. The van der Waals surface area contributed by atoms with Gasteiger partial charge in [0.25, 0.3) is 5.91 Å². The van der Waals surface area contributed by atoms with Crippen molar-refractivity contribution < 1.29 is 9.53 Å². The minimum Gasteiger partial charge on any atom is -0.489 e. The molecule has 1 amide bonds. The van der Waals surface area contributed by atoms with Crippen molar-refractivity contribution in [2.45, 2.75) is 19.1 Å².